The highest BCUT2D eigenvalue weighted by atomic mass is 32.2. The number of amides is 1. The maximum absolute atomic E-state index is 12.3. The highest BCUT2D eigenvalue weighted by molar-refractivity contribution is 7.90. The maximum Gasteiger partial charge on any atom is 0.338 e. The Bertz CT molecular complexity index is 1310. The van der Waals surface area contributed by atoms with E-state index in [9.17, 15) is 18.0 Å². The second-order valence-electron chi connectivity index (χ2n) is 6.75. The first-order valence-electron chi connectivity index (χ1n) is 9.21. The van der Waals surface area contributed by atoms with Gasteiger partial charge in [-0.05, 0) is 54.1 Å². The summed E-state index contributed by atoms with van der Waals surface area (Å²) >= 11 is 0. The standard InChI is InChI=1S/C22H17N3O5S/c23-20(26)16-5-3-4-14(12-16)13-30-22(27)15-8-10-17(11-9-15)24-21-18-6-1-2-7-19(18)31(28,29)25-21/h1-12H,13H2,(H2,23,26)(H,24,25). The number of carbonyl (C=O) groups excluding carboxylic acids is 2. The maximum atomic E-state index is 12.3. The normalized spacial score (nSPS) is 13.7. The predicted octanol–water partition coefficient (Wildman–Crippen LogP) is 2.70. The van der Waals surface area contributed by atoms with E-state index >= 15 is 0 Å². The van der Waals surface area contributed by atoms with Crippen LogP contribution in [0.4, 0.5) is 5.69 Å². The molecule has 0 spiro atoms. The number of sulfonamides is 1. The molecule has 1 amide bonds. The molecule has 1 aliphatic heterocycles. The fourth-order valence-corrected chi connectivity index (χ4v) is 4.24. The Morgan fingerprint density at radius 2 is 1.68 bits per heavy atom. The van der Waals surface area contributed by atoms with E-state index in [1.54, 1.807) is 66.7 Å². The lowest BCUT2D eigenvalue weighted by Gasteiger charge is -2.08. The highest BCUT2D eigenvalue weighted by Crippen LogP contribution is 2.26. The first kappa shape index (κ1) is 20.3. The molecular weight excluding hydrogens is 418 g/mol. The summed E-state index contributed by atoms with van der Waals surface area (Å²) in [5.74, 6) is -0.874. The van der Waals surface area contributed by atoms with Crippen LogP contribution in [0.15, 0.2) is 82.1 Å². The molecule has 0 aliphatic carbocycles. The number of hydrogen-bond donors (Lipinski definition) is 2. The smallest absolute Gasteiger partial charge is 0.338 e. The number of nitrogens with one attached hydrogen (secondary N) is 1. The number of nitrogens with zero attached hydrogens (tertiary/aromatic N) is 1. The predicted molar refractivity (Wildman–Crippen MR) is 114 cm³/mol. The van der Waals surface area contributed by atoms with Crippen molar-refractivity contribution in [3.05, 3.63) is 95.1 Å². The Kier molecular flexibility index (Phi) is 5.26. The summed E-state index contributed by atoms with van der Waals surface area (Å²) in [6.45, 7) is -0.00853. The fraction of sp³-hybridized carbons (Fsp3) is 0.0455. The molecule has 0 saturated heterocycles. The lowest BCUT2D eigenvalue weighted by Crippen LogP contribution is -2.12. The first-order valence-corrected chi connectivity index (χ1v) is 10.6. The van der Waals surface area contributed by atoms with E-state index in [-0.39, 0.29) is 17.3 Å². The molecule has 0 unspecified atom stereocenters. The van der Waals surface area contributed by atoms with Crippen molar-refractivity contribution in [2.24, 2.45) is 10.1 Å². The molecule has 1 heterocycles. The van der Waals surface area contributed by atoms with Crippen LogP contribution in [-0.2, 0) is 21.4 Å². The molecule has 3 aromatic carbocycles. The van der Waals surface area contributed by atoms with E-state index in [1.807, 2.05) is 0 Å². The van der Waals surface area contributed by atoms with Gasteiger partial charge in [-0.1, -0.05) is 24.3 Å². The second kappa shape index (κ2) is 8.04. The number of anilines is 1. The lowest BCUT2D eigenvalue weighted by atomic mass is 10.1. The van der Waals surface area contributed by atoms with Crippen LogP contribution in [-0.4, -0.2) is 26.1 Å². The third-order valence-corrected chi connectivity index (χ3v) is 5.93. The second-order valence-corrected chi connectivity index (χ2v) is 8.33. The summed E-state index contributed by atoms with van der Waals surface area (Å²) in [5, 5.41) is 2.97. The summed E-state index contributed by atoms with van der Waals surface area (Å²) in [4.78, 5) is 23.7. The van der Waals surface area contributed by atoms with Gasteiger partial charge in [-0.3, -0.25) is 4.79 Å². The SMILES string of the molecule is NC(=O)c1cccc(COC(=O)c2ccc(NC3=NS(=O)(=O)c4ccccc43)cc2)c1. The molecule has 3 N–H and O–H groups in total. The topological polar surface area (TPSA) is 128 Å². The van der Waals surface area contributed by atoms with Crippen LogP contribution < -0.4 is 11.1 Å². The van der Waals surface area contributed by atoms with Gasteiger partial charge in [0.15, 0.2) is 5.84 Å². The number of primary amides is 1. The van der Waals surface area contributed by atoms with Gasteiger partial charge in [0.2, 0.25) is 5.91 Å². The van der Waals surface area contributed by atoms with E-state index in [0.717, 1.165) is 0 Å². The molecule has 1 aliphatic rings. The van der Waals surface area contributed by atoms with Gasteiger partial charge in [0.05, 0.1) is 5.56 Å². The molecule has 0 atom stereocenters. The number of fused-ring (bicyclic) bond motifs is 1. The molecule has 0 aromatic heterocycles. The quantitative estimate of drug-likeness (QED) is 0.593. The van der Waals surface area contributed by atoms with E-state index < -0.39 is 21.9 Å². The van der Waals surface area contributed by atoms with Crippen LogP contribution in [0.1, 0.15) is 31.8 Å². The Morgan fingerprint density at radius 3 is 2.42 bits per heavy atom. The zero-order chi connectivity index (χ0) is 22.0. The van der Waals surface area contributed by atoms with Gasteiger partial charge in [-0.2, -0.15) is 8.42 Å². The van der Waals surface area contributed by atoms with Crippen LogP contribution in [0.2, 0.25) is 0 Å². The largest absolute Gasteiger partial charge is 0.457 e. The average molecular weight is 435 g/mol. The van der Waals surface area contributed by atoms with Crippen molar-refractivity contribution in [1.82, 2.24) is 0 Å². The number of hydrogen-bond acceptors (Lipinski definition) is 6. The monoisotopic (exact) mass is 435 g/mol. The molecule has 31 heavy (non-hydrogen) atoms. The van der Waals surface area contributed by atoms with Crippen molar-refractivity contribution in [2.75, 3.05) is 5.32 Å². The number of carbonyl (C=O) groups is 2. The number of ether oxygens (including phenoxy) is 1. The van der Waals surface area contributed by atoms with E-state index in [1.165, 1.54) is 6.07 Å². The fourth-order valence-electron chi connectivity index (χ4n) is 3.07. The van der Waals surface area contributed by atoms with Crippen LogP contribution in [0.5, 0.6) is 0 Å². The third kappa shape index (κ3) is 4.31. The van der Waals surface area contributed by atoms with Gasteiger partial charge >= 0.3 is 5.97 Å². The number of benzene rings is 3. The Hall–Kier alpha value is -3.98. The van der Waals surface area contributed by atoms with Crippen LogP contribution >= 0.6 is 0 Å². The van der Waals surface area contributed by atoms with Gasteiger partial charge in [-0.15, -0.1) is 4.40 Å². The molecule has 0 fully saturated rings. The van der Waals surface area contributed by atoms with Crippen molar-refractivity contribution < 1.29 is 22.7 Å². The summed E-state index contributed by atoms with van der Waals surface area (Å²) in [6, 6.07) is 19.4. The number of rotatable bonds is 5. The zero-order valence-corrected chi connectivity index (χ0v) is 16.9. The molecule has 0 saturated carbocycles. The number of amidine groups is 1. The molecule has 4 rings (SSSR count). The van der Waals surface area contributed by atoms with Crippen molar-refractivity contribution in [3.8, 4) is 0 Å². The third-order valence-electron chi connectivity index (χ3n) is 4.60. The Morgan fingerprint density at radius 1 is 0.935 bits per heavy atom. The van der Waals surface area contributed by atoms with Gasteiger partial charge in [0.25, 0.3) is 10.0 Å². The van der Waals surface area contributed by atoms with Crippen molar-refractivity contribution in [2.45, 2.75) is 11.5 Å². The van der Waals surface area contributed by atoms with E-state index in [0.29, 0.717) is 27.9 Å². The minimum Gasteiger partial charge on any atom is -0.457 e. The minimum absolute atomic E-state index is 0.00853. The van der Waals surface area contributed by atoms with Crippen molar-refractivity contribution >= 4 is 33.4 Å². The van der Waals surface area contributed by atoms with Crippen LogP contribution in [0.25, 0.3) is 0 Å². The van der Waals surface area contributed by atoms with Crippen LogP contribution in [0, 0.1) is 0 Å². The molecular formula is C22H17N3O5S. The lowest BCUT2D eigenvalue weighted by molar-refractivity contribution is 0.0472. The first-order chi connectivity index (χ1) is 14.8. The summed E-state index contributed by atoms with van der Waals surface area (Å²) in [6.07, 6.45) is 0. The summed E-state index contributed by atoms with van der Waals surface area (Å²) in [7, 11) is -3.72. The molecule has 0 bridgehead atoms. The zero-order valence-electron chi connectivity index (χ0n) is 16.1. The van der Waals surface area contributed by atoms with Gasteiger partial charge in [0.1, 0.15) is 11.5 Å². The molecule has 3 aromatic rings. The average Bonchev–Trinajstić information content (AvgIpc) is 3.03. The van der Waals surface area contributed by atoms with E-state index in [2.05, 4.69) is 9.71 Å². The Labute approximate surface area is 178 Å². The van der Waals surface area contributed by atoms with Crippen LogP contribution in [0.3, 0.4) is 0 Å². The van der Waals surface area contributed by atoms with Gasteiger partial charge in [-0.25, -0.2) is 4.79 Å². The Balaban J connectivity index is 1.42. The molecule has 9 heteroatoms. The molecule has 156 valence electrons. The van der Waals surface area contributed by atoms with E-state index in [4.69, 9.17) is 10.5 Å². The van der Waals surface area contributed by atoms with Gasteiger partial charge in [0, 0.05) is 16.8 Å². The number of nitrogens with two attached hydrogens (primary N) is 1. The van der Waals surface area contributed by atoms with Gasteiger partial charge < -0.3 is 15.8 Å². The minimum atomic E-state index is -3.72. The molecule has 8 nitrogen and oxygen atoms in total. The number of esters is 1. The molecule has 0 radical (unpaired) electrons. The highest BCUT2D eigenvalue weighted by Gasteiger charge is 2.28. The van der Waals surface area contributed by atoms with Crippen molar-refractivity contribution in [1.29, 1.82) is 0 Å². The summed E-state index contributed by atoms with van der Waals surface area (Å²) in [5.41, 5.74) is 7.60. The summed E-state index contributed by atoms with van der Waals surface area (Å²) < 4.78 is 33.3. The van der Waals surface area contributed by atoms with Crippen molar-refractivity contribution in [3.63, 3.8) is 0 Å².